The fourth-order valence-electron chi connectivity index (χ4n) is 6.95. The van der Waals surface area contributed by atoms with Crippen LogP contribution in [0.1, 0.15) is 227 Å². The molecule has 0 rings (SSSR count). The number of nitrogens with zero attached hydrogens (tertiary/aromatic N) is 1. The molecule has 49 heavy (non-hydrogen) atoms. The van der Waals surface area contributed by atoms with Gasteiger partial charge in [-0.15, -0.1) is 0 Å². The first-order chi connectivity index (χ1) is 24.0. The van der Waals surface area contributed by atoms with Gasteiger partial charge < -0.3 is 14.4 Å². The van der Waals surface area contributed by atoms with Gasteiger partial charge in [0.15, 0.2) is 0 Å². The molecule has 0 radical (unpaired) electrons. The van der Waals surface area contributed by atoms with Crippen molar-refractivity contribution in [3.63, 3.8) is 0 Å². The molecule has 0 spiro atoms. The van der Waals surface area contributed by atoms with Gasteiger partial charge in [-0.2, -0.15) is 0 Å². The molecule has 0 aromatic carbocycles. The quantitative estimate of drug-likeness (QED) is 0.0474. The third-order valence-electron chi connectivity index (χ3n) is 10.4. The number of hydrogen-bond donors (Lipinski definition) is 0. The number of esters is 2. The van der Waals surface area contributed by atoms with E-state index in [1.807, 2.05) is 0 Å². The van der Waals surface area contributed by atoms with E-state index in [0.29, 0.717) is 37.9 Å². The van der Waals surface area contributed by atoms with Crippen molar-refractivity contribution in [3.05, 3.63) is 0 Å². The predicted octanol–water partition coefficient (Wildman–Crippen LogP) is 13.4. The number of rotatable bonds is 39. The summed E-state index contributed by atoms with van der Waals surface area (Å²) in [6.45, 7) is 15.3. The molecule has 5 nitrogen and oxygen atoms in total. The lowest BCUT2D eigenvalue weighted by molar-refractivity contribution is -0.146. The van der Waals surface area contributed by atoms with Crippen molar-refractivity contribution in [2.24, 2.45) is 11.8 Å². The van der Waals surface area contributed by atoms with E-state index in [4.69, 9.17) is 9.47 Å². The predicted molar refractivity (Wildman–Crippen MR) is 212 cm³/mol. The summed E-state index contributed by atoms with van der Waals surface area (Å²) in [7, 11) is 0. The van der Waals surface area contributed by atoms with Gasteiger partial charge in [0.25, 0.3) is 0 Å². The van der Waals surface area contributed by atoms with E-state index >= 15 is 0 Å². The number of carbonyl (C=O) groups excluding carboxylic acids is 2. The Morgan fingerprint density at radius 2 is 0.673 bits per heavy atom. The van der Waals surface area contributed by atoms with Gasteiger partial charge >= 0.3 is 11.9 Å². The first-order valence-electron chi connectivity index (χ1n) is 22.0. The zero-order valence-electron chi connectivity index (χ0n) is 34.0. The van der Waals surface area contributed by atoms with E-state index < -0.39 is 0 Å². The number of unbranched alkanes of at least 4 members (excludes halogenated alkanes) is 17. The maximum atomic E-state index is 12.7. The van der Waals surface area contributed by atoms with E-state index in [9.17, 15) is 9.59 Å². The molecule has 0 bridgehead atoms. The molecule has 0 heterocycles. The highest BCUT2D eigenvalue weighted by Crippen LogP contribution is 2.21. The molecule has 0 aromatic rings. The molecule has 0 fully saturated rings. The molecule has 0 aliphatic heterocycles. The van der Waals surface area contributed by atoms with Crippen LogP contribution in [0.25, 0.3) is 0 Å². The molecule has 0 N–H and O–H groups in total. The van der Waals surface area contributed by atoms with Gasteiger partial charge in [0.05, 0.1) is 13.2 Å². The summed E-state index contributed by atoms with van der Waals surface area (Å²) < 4.78 is 11.7. The summed E-state index contributed by atoms with van der Waals surface area (Å²) in [4.78, 5) is 27.9. The van der Waals surface area contributed by atoms with Crippen molar-refractivity contribution >= 4 is 11.9 Å². The van der Waals surface area contributed by atoms with E-state index in [-0.39, 0.29) is 11.9 Å². The Labute approximate surface area is 307 Å². The summed E-state index contributed by atoms with van der Waals surface area (Å²) in [5.41, 5.74) is 0. The summed E-state index contributed by atoms with van der Waals surface area (Å²) in [5, 5.41) is 0. The van der Waals surface area contributed by atoms with Crippen LogP contribution in [0.4, 0.5) is 0 Å². The van der Waals surface area contributed by atoms with Gasteiger partial charge in [-0.3, -0.25) is 9.59 Å². The van der Waals surface area contributed by atoms with Crippen molar-refractivity contribution < 1.29 is 19.1 Å². The largest absolute Gasteiger partial charge is 0.465 e. The van der Waals surface area contributed by atoms with Crippen molar-refractivity contribution in [1.82, 2.24) is 4.90 Å². The third-order valence-corrected chi connectivity index (χ3v) is 10.4. The van der Waals surface area contributed by atoms with Crippen LogP contribution >= 0.6 is 0 Å². The zero-order chi connectivity index (χ0) is 36.0. The molecule has 2 atom stereocenters. The Kier molecular flexibility index (Phi) is 37.3. The average molecular weight is 694 g/mol. The Balaban J connectivity index is 4.52. The van der Waals surface area contributed by atoms with Crippen LogP contribution in [0, 0.1) is 11.8 Å². The topological polar surface area (TPSA) is 55.8 Å². The molecule has 5 heteroatoms. The molecule has 0 aliphatic carbocycles. The lowest BCUT2D eigenvalue weighted by Crippen LogP contribution is -2.28. The third kappa shape index (κ3) is 33.8. The molecule has 2 unspecified atom stereocenters. The lowest BCUT2D eigenvalue weighted by Gasteiger charge is -2.22. The second-order valence-electron chi connectivity index (χ2n) is 15.3. The van der Waals surface area contributed by atoms with Crippen molar-refractivity contribution in [2.75, 3.05) is 32.8 Å². The Hall–Kier alpha value is -1.10. The summed E-state index contributed by atoms with van der Waals surface area (Å²) in [6.07, 6.45) is 35.7. The van der Waals surface area contributed by atoms with Crippen LogP contribution in [0.5, 0.6) is 0 Å². The van der Waals surface area contributed by atoms with Gasteiger partial charge in [-0.1, -0.05) is 169 Å². The van der Waals surface area contributed by atoms with Gasteiger partial charge in [-0.05, 0) is 76.4 Å². The SMILES string of the molecule is CCCCCCCCC(CCCCCC)COC(=O)CCCN(CCCC)CCCC(=O)OCC(CCCCCC)CCCCCCCC. The highest BCUT2D eigenvalue weighted by Gasteiger charge is 2.15. The lowest BCUT2D eigenvalue weighted by atomic mass is 9.95. The van der Waals surface area contributed by atoms with E-state index in [0.717, 1.165) is 45.3 Å². The highest BCUT2D eigenvalue weighted by atomic mass is 16.5. The van der Waals surface area contributed by atoms with E-state index in [2.05, 4.69) is 39.5 Å². The first-order valence-corrected chi connectivity index (χ1v) is 22.0. The molecule has 292 valence electrons. The molecule has 0 amide bonds. The minimum Gasteiger partial charge on any atom is -0.465 e. The standard InChI is InChI=1S/C44H87NO4/c1-6-11-16-20-22-26-32-41(30-24-18-13-8-3)39-48-43(46)34-28-37-45(36-15-10-5)38-29-35-44(47)49-40-42(31-25-19-14-9-4)33-27-23-21-17-12-7-2/h41-42H,6-40H2,1-5H3. The minimum atomic E-state index is -0.0364. The Bertz CT molecular complexity index is 644. The summed E-state index contributed by atoms with van der Waals surface area (Å²) in [5.74, 6) is 0.954. The van der Waals surface area contributed by atoms with E-state index in [1.165, 1.54) is 154 Å². The highest BCUT2D eigenvalue weighted by molar-refractivity contribution is 5.69. The van der Waals surface area contributed by atoms with Crippen molar-refractivity contribution in [1.29, 1.82) is 0 Å². The Morgan fingerprint density at radius 1 is 0.388 bits per heavy atom. The van der Waals surface area contributed by atoms with Gasteiger partial charge in [0.1, 0.15) is 0 Å². The van der Waals surface area contributed by atoms with Gasteiger partial charge in [-0.25, -0.2) is 0 Å². The van der Waals surface area contributed by atoms with Gasteiger partial charge in [0.2, 0.25) is 0 Å². The van der Waals surface area contributed by atoms with Crippen LogP contribution in [0.3, 0.4) is 0 Å². The normalized spacial score (nSPS) is 12.8. The molecule has 0 aliphatic rings. The number of hydrogen-bond acceptors (Lipinski definition) is 5. The van der Waals surface area contributed by atoms with Crippen LogP contribution in [-0.2, 0) is 19.1 Å². The molecule has 0 saturated heterocycles. The fraction of sp³-hybridized carbons (Fsp3) is 0.955. The summed E-state index contributed by atoms with van der Waals surface area (Å²) in [6, 6.07) is 0. The smallest absolute Gasteiger partial charge is 0.305 e. The molecular formula is C44H87NO4. The van der Waals surface area contributed by atoms with Crippen LogP contribution in [0.2, 0.25) is 0 Å². The maximum Gasteiger partial charge on any atom is 0.305 e. The molecular weight excluding hydrogens is 606 g/mol. The second-order valence-corrected chi connectivity index (χ2v) is 15.3. The van der Waals surface area contributed by atoms with Crippen LogP contribution in [0.15, 0.2) is 0 Å². The van der Waals surface area contributed by atoms with E-state index in [1.54, 1.807) is 0 Å². The number of ether oxygens (including phenoxy) is 2. The van der Waals surface area contributed by atoms with Gasteiger partial charge in [0, 0.05) is 12.8 Å². The molecule has 0 saturated carbocycles. The first kappa shape index (κ1) is 47.9. The fourth-order valence-corrected chi connectivity index (χ4v) is 6.95. The monoisotopic (exact) mass is 694 g/mol. The zero-order valence-corrected chi connectivity index (χ0v) is 34.0. The Morgan fingerprint density at radius 3 is 1.02 bits per heavy atom. The second kappa shape index (κ2) is 38.1. The average Bonchev–Trinajstić information content (AvgIpc) is 3.10. The molecule has 0 aromatic heterocycles. The minimum absolute atomic E-state index is 0.0364. The van der Waals surface area contributed by atoms with Crippen molar-refractivity contribution in [3.8, 4) is 0 Å². The maximum absolute atomic E-state index is 12.7. The van der Waals surface area contributed by atoms with Crippen molar-refractivity contribution in [2.45, 2.75) is 227 Å². The number of carbonyl (C=O) groups is 2. The van der Waals surface area contributed by atoms with Crippen LogP contribution < -0.4 is 0 Å². The van der Waals surface area contributed by atoms with Crippen LogP contribution in [-0.4, -0.2) is 49.7 Å². The summed E-state index contributed by atoms with van der Waals surface area (Å²) >= 11 is 0.